The van der Waals surface area contributed by atoms with Crippen LogP contribution in [0.2, 0.25) is 0 Å². The van der Waals surface area contributed by atoms with Crippen LogP contribution in [-0.4, -0.2) is 46.2 Å². The number of carbonyl (C=O) groups excluding carboxylic acids is 1. The van der Waals surface area contributed by atoms with Crippen molar-refractivity contribution in [3.63, 3.8) is 0 Å². The molecule has 1 amide bonds. The van der Waals surface area contributed by atoms with Crippen LogP contribution in [0.4, 0.5) is 0 Å². The molecular weight excluding hydrogens is 414 g/mol. The number of amides is 1. The lowest BCUT2D eigenvalue weighted by Gasteiger charge is -2.23. The molecule has 0 aliphatic heterocycles. The Bertz CT molecular complexity index is 1130. The van der Waals surface area contributed by atoms with Gasteiger partial charge in [-0.25, -0.2) is 9.67 Å². The molecule has 0 spiro atoms. The van der Waals surface area contributed by atoms with Crippen LogP contribution in [-0.2, 0) is 0 Å². The summed E-state index contributed by atoms with van der Waals surface area (Å²) in [6, 6.07) is 10.3. The van der Waals surface area contributed by atoms with Gasteiger partial charge in [0.05, 0.1) is 33.8 Å². The fraction of sp³-hybridized carbons (Fsp3) is 0.318. The first-order valence-corrected chi connectivity index (χ1v) is 11.6. The van der Waals surface area contributed by atoms with Crippen molar-refractivity contribution >= 4 is 39.6 Å². The van der Waals surface area contributed by atoms with Crippen LogP contribution in [0.1, 0.15) is 41.2 Å². The molecule has 4 heterocycles. The van der Waals surface area contributed by atoms with Gasteiger partial charge in [0, 0.05) is 17.5 Å². The molecule has 4 rings (SSSR count). The highest BCUT2D eigenvalue weighted by Crippen LogP contribution is 2.29. The third-order valence-corrected chi connectivity index (χ3v) is 6.89. The molecule has 0 radical (unpaired) electrons. The minimum Gasteiger partial charge on any atom is -0.350 e. The Morgan fingerprint density at radius 1 is 1.20 bits per heavy atom. The molecule has 0 aromatic carbocycles. The highest BCUT2D eigenvalue weighted by molar-refractivity contribution is 7.13. The Morgan fingerprint density at radius 2 is 1.97 bits per heavy atom. The molecule has 0 fully saturated rings. The van der Waals surface area contributed by atoms with E-state index in [9.17, 15) is 4.79 Å². The first-order chi connectivity index (χ1) is 14.5. The number of likely N-dealkylation sites (N-methyl/N-ethyl adjacent to an activating group) is 1. The highest BCUT2D eigenvalue weighted by Gasteiger charge is 2.21. The maximum absolute atomic E-state index is 13.3. The molecular formula is C22H25N5OS2. The van der Waals surface area contributed by atoms with Gasteiger partial charge < -0.3 is 10.2 Å². The largest absolute Gasteiger partial charge is 0.350 e. The molecule has 156 valence electrons. The monoisotopic (exact) mass is 439 g/mol. The third kappa shape index (κ3) is 4.03. The van der Waals surface area contributed by atoms with Crippen LogP contribution >= 0.6 is 22.7 Å². The summed E-state index contributed by atoms with van der Waals surface area (Å²) in [6.07, 6.45) is 1.75. The van der Waals surface area contributed by atoms with E-state index in [1.54, 1.807) is 28.9 Å². The molecule has 0 saturated carbocycles. The standard InChI is InChI=1S/C22H25N5OS2/c1-14(2)27-21-16(12-24-27)15(11-17(25-21)19-7-5-9-29-19)22(28)23-13-18(26(3)4)20-8-6-10-30-20/h5-12,14,18H,13H2,1-4H3,(H,23,28). The Balaban J connectivity index is 1.69. The van der Waals surface area contributed by atoms with Gasteiger partial charge in [0.25, 0.3) is 5.91 Å². The Labute approximate surface area is 184 Å². The van der Waals surface area contributed by atoms with Crippen molar-refractivity contribution in [2.45, 2.75) is 25.9 Å². The second-order valence-electron chi connectivity index (χ2n) is 7.66. The molecule has 1 unspecified atom stereocenters. The van der Waals surface area contributed by atoms with Gasteiger partial charge in [0.2, 0.25) is 0 Å². The van der Waals surface area contributed by atoms with E-state index in [1.165, 1.54) is 4.88 Å². The Kier molecular flexibility index (Phi) is 5.99. The van der Waals surface area contributed by atoms with E-state index >= 15 is 0 Å². The summed E-state index contributed by atoms with van der Waals surface area (Å²) in [6.45, 7) is 4.66. The normalized spacial score (nSPS) is 12.7. The van der Waals surface area contributed by atoms with Crippen LogP contribution in [0.3, 0.4) is 0 Å². The summed E-state index contributed by atoms with van der Waals surface area (Å²) >= 11 is 3.31. The fourth-order valence-corrected chi connectivity index (χ4v) is 5.05. The minimum atomic E-state index is -0.105. The number of nitrogens with one attached hydrogen (secondary N) is 1. The first kappa shape index (κ1) is 20.7. The molecule has 0 aliphatic carbocycles. The highest BCUT2D eigenvalue weighted by atomic mass is 32.1. The van der Waals surface area contributed by atoms with Gasteiger partial charge in [-0.05, 0) is 56.9 Å². The van der Waals surface area contributed by atoms with Gasteiger partial charge in [-0.15, -0.1) is 22.7 Å². The van der Waals surface area contributed by atoms with Crippen molar-refractivity contribution in [2.24, 2.45) is 0 Å². The molecule has 4 aromatic rings. The van der Waals surface area contributed by atoms with Gasteiger partial charge in [0.1, 0.15) is 0 Å². The smallest absolute Gasteiger partial charge is 0.252 e. The Morgan fingerprint density at radius 3 is 2.60 bits per heavy atom. The first-order valence-electron chi connectivity index (χ1n) is 9.86. The maximum atomic E-state index is 13.3. The summed E-state index contributed by atoms with van der Waals surface area (Å²) in [5, 5.41) is 12.5. The van der Waals surface area contributed by atoms with Gasteiger partial charge >= 0.3 is 0 Å². The van der Waals surface area contributed by atoms with E-state index < -0.39 is 0 Å². The Hall–Kier alpha value is -2.55. The zero-order chi connectivity index (χ0) is 21.3. The van der Waals surface area contributed by atoms with Crippen LogP contribution in [0, 0.1) is 0 Å². The molecule has 0 saturated heterocycles. The number of carbonyl (C=O) groups is 1. The van der Waals surface area contributed by atoms with Crippen molar-refractivity contribution in [1.82, 2.24) is 25.0 Å². The van der Waals surface area contributed by atoms with Gasteiger partial charge in [-0.1, -0.05) is 12.1 Å². The number of thiophene rings is 2. The van der Waals surface area contributed by atoms with Crippen LogP contribution in [0.5, 0.6) is 0 Å². The van der Waals surface area contributed by atoms with E-state index in [4.69, 9.17) is 4.98 Å². The van der Waals surface area contributed by atoms with Crippen LogP contribution in [0.15, 0.2) is 47.3 Å². The SMILES string of the molecule is CC(C)n1ncc2c(C(=O)NCC(c3cccs3)N(C)C)cc(-c3cccs3)nc21. The predicted molar refractivity (Wildman–Crippen MR) is 124 cm³/mol. The van der Waals surface area contributed by atoms with Crippen LogP contribution < -0.4 is 5.32 Å². The quantitative estimate of drug-likeness (QED) is 0.448. The molecule has 0 aliphatic rings. The minimum absolute atomic E-state index is 0.105. The number of fused-ring (bicyclic) bond motifs is 1. The lowest BCUT2D eigenvalue weighted by molar-refractivity contribution is 0.0944. The molecule has 8 heteroatoms. The van der Waals surface area contributed by atoms with Gasteiger partial charge in [-0.2, -0.15) is 5.10 Å². The lowest BCUT2D eigenvalue weighted by Crippen LogP contribution is -2.34. The number of aromatic nitrogens is 3. The predicted octanol–water partition coefficient (Wildman–Crippen LogP) is 4.83. The zero-order valence-corrected chi connectivity index (χ0v) is 19.1. The topological polar surface area (TPSA) is 63.1 Å². The van der Waals surface area contributed by atoms with Crippen molar-refractivity contribution in [3.05, 3.63) is 57.7 Å². The van der Waals surface area contributed by atoms with Gasteiger partial charge in [0.15, 0.2) is 5.65 Å². The molecule has 30 heavy (non-hydrogen) atoms. The lowest BCUT2D eigenvalue weighted by atomic mass is 10.1. The van der Waals surface area contributed by atoms with Crippen molar-refractivity contribution < 1.29 is 4.79 Å². The van der Waals surface area contributed by atoms with Gasteiger partial charge in [-0.3, -0.25) is 4.79 Å². The van der Waals surface area contributed by atoms with E-state index in [1.807, 2.05) is 48.4 Å². The van der Waals surface area contributed by atoms with Crippen molar-refractivity contribution in [3.8, 4) is 10.6 Å². The average molecular weight is 440 g/mol. The summed E-state index contributed by atoms with van der Waals surface area (Å²) in [5.74, 6) is -0.105. The molecule has 1 atom stereocenters. The summed E-state index contributed by atoms with van der Waals surface area (Å²) < 4.78 is 1.87. The summed E-state index contributed by atoms with van der Waals surface area (Å²) in [7, 11) is 4.06. The van der Waals surface area contributed by atoms with Crippen LogP contribution in [0.25, 0.3) is 21.6 Å². The molecule has 0 bridgehead atoms. The fourth-order valence-electron chi connectivity index (χ4n) is 3.44. The second-order valence-corrected chi connectivity index (χ2v) is 9.58. The summed E-state index contributed by atoms with van der Waals surface area (Å²) in [4.78, 5) is 22.5. The van der Waals surface area contributed by atoms with E-state index in [2.05, 4.69) is 40.6 Å². The van der Waals surface area contributed by atoms with Crippen molar-refractivity contribution in [2.75, 3.05) is 20.6 Å². The summed E-state index contributed by atoms with van der Waals surface area (Å²) in [5.41, 5.74) is 2.15. The van der Waals surface area contributed by atoms with Crippen molar-refractivity contribution in [1.29, 1.82) is 0 Å². The molecule has 4 aromatic heterocycles. The van der Waals surface area contributed by atoms with E-state index in [-0.39, 0.29) is 18.0 Å². The van der Waals surface area contributed by atoms with E-state index in [0.29, 0.717) is 12.1 Å². The number of hydrogen-bond acceptors (Lipinski definition) is 6. The number of rotatable bonds is 7. The number of hydrogen-bond donors (Lipinski definition) is 1. The van der Waals surface area contributed by atoms with E-state index in [0.717, 1.165) is 21.6 Å². The number of pyridine rings is 1. The second kappa shape index (κ2) is 8.67. The molecule has 6 nitrogen and oxygen atoms in total. The average Bonchev–Trinajstić information content (AvgIpc) is 3.47. The third-order valence-electron chi connectivity index (χ3n) is 5.03. The maximum Gasteiger partial charge on any atom is 0.252 e. The number of nitrogens with zero attached hydrogens (tertiary/aromatic N) is 4. The molecule has 1 N–H and O–H groups in total. The zero-order valence-electron chi connectivity index (χ0n) is 17.5.